The Kier molecular flexibility index (Phi) is 3.49. The monoisotopic (exact) mass is 240 g/mol. The minimum absolute atomic E-state index is 0.165. The zero-order valence-corrected chi connectivity index (χ0v) is 9.27. The molecule has 0 saturated carbocycles. The van der Waals surface area contributed by atoms with E-state index in [1.807, 2.05) is 0 Å². The van der Waals surface area contributed by atoms with Gasteiger partial charge in [-0.2, -0.15) is 0 Å². The highest BCUT2D eigenvalue weighted by molar-refractivity contribution is 5.60. The van der Waals surface area contributed by atoms with E-state index in [-0.39, 0.29) is 5.92 Å². The Morgan fingerprint density at radius 3 is 2.76 bits per heavy atom. The third-order valence-corrected chi connectivity index (χ3v) is 3.24. The van der Waals surface area contributed by atoms with E-state index < -0.39 is 17.7 Å². The van der Waals surface area contributed by atoms with Gasteiger partial charge in [0.2, 0.25) is 0 Å². The first kappa shape index (κ1) is 12.1. The molecule has 17 heavy (non-hydrogen) atoms. The second-order valence-corrected chi connectivity index (χ2v) is 4.29. The molecule has 1 aliphatic rings. The number of aldehydes is 1. The van der Waals surface area contributed by atoms with Crippen LogP contribution in [0.2, 0.25) is 0 Å². The molecule has 1 saturated heterocycles. The van der Waals surface area contributed by atoms with Crippen LogP contribution in [0.4, 0.5) is 8.78 Å². The average molecular weight is 240 g/mol. The fraction of sp³-hybridized carbons (Fsp3) is 0.417. The Labute approximate surface area is 98.2 Å². The Morgan fingerprint density at radius 1 is 1.35 bits per heavy atom. The normalized spacial score (nSPS) is 25.8. The first-order valence-corrected chi connectivity index (χ1v) is 5.55. The number of nitrogens with two attached hydrogens (primary N) is 1. The molecule has 0 bridgehead atoms. The van der Waals surface area contributed by atoms with E-state index in [0.29, 0.717) is 12.1 Å². The van der Waals surface area contributed by atoms with Gasteiger partial charge in [0.1, 0.15) is 6.29 Å². The smallest absolute Gasteiger partial charge is 0.159 e. The predicted molar refractivity (Wildman–Crippen MR) is 59.1 cm³/mol. The molecule has 0 radical (unpaired) electrons. The van der Waals surface area contributed by atoms with Gasteiger partial charge >= 0.3 is 0 Å². The van der Waals surface area contributed by atoms with E-state index in [1.54, 1.807) is 0 Å². The van der Waals surface area contributed by atoms with Crippen LogP contribution in [-0.2, 0) is 4.79 Å². The van der Waals surface area contributed by atoms with Crippen LogP contribution in [0.1, 0.15) is 24.3 Å². The van der Waals surface area contributed by atoms with E-state index in [9.17, 15) is 13.6 Å². The summed E-state index contributed by atoms with van der Waals surface area (Å²) in [5.41, 5.74) is 0.621. The third-order valence-electron chi connectivity index (χ3n) is 3.24. The molecule has 1 aromatic rings. The van der Waals surface area contributed by atoms with Crippen molar-refractivity contribution in [2.24, 2.45) is 5.84 Å². The molecular formula is C12H14F2N2O. The highest BCUT2D eigenvalue weighted by Crippen LogP contribution is 2.30. The second-order valence-electron chi connectivity index (χ2n) is 4.29. The molecule has 1 aliphatic heterocycles. The molecule has 1 aromatic carbocycles. The van der Waals surface area contributed by atoms with Gasteiger partial charge in [-0.25, -0.2) is 13.8 Å². The van der Waals surface area contributed by atoms with Crippen molar-refractivity contribution in [1.82, 2.24) is 5.01 Å². The molecule has 2 N–H and O–H groups in total. The van der Waals surface area contributed by atoms with Crippen LogP contribution >= 0.6 is 0 Å². The van der Waals surface area contributed by atoms with Gasteiger partial charge in [0.15, 0.2) is 11.6 Å². The van der Waals surface area contributed by atoms with Gasteiger partial charge in [0.05, 0.1) is 6.04 Å². The molecule has 2 atom stereocenters. The maximum Gasteiger partial charge on any atom is 0.159 e. The number of hydrogen-bond acceptors (Lipinski definition) is 3. The Balaban J connectivity index is 2.30. The first-order valence-electron chi connectivity index (χ1n) is 5.55. The van der Waals surface area contributed by atoms with Crippen molar-refractivity contribution in [3.05, 3.63) is 35.4 Å². The van der Waals surface area contributed by atoms with Crippen molar-refractivity contribution in [3.8, 4) is 0 Å². The van der Waals surface area contributed by atoms with Crippen LogP contribution in [0, 0.1) is 11.6 Å². The fourth-order valence-electron chi connectivity index (χ4n) is 2.32. The topological polar surface area (TPSA) is 46.3 Å². The van der Waals surface area contributed by atoms with Gasteiger partial charge in [-0.1, -0.05) is 6.07 Å². The molecule has 1 fully saturated rings. The number of hydrazine groups is 1. The number of hydrogen-bond donors (Lipinski definition) is 1. The van der Waals surface area contributed by atoms with Gasteiger partial charge in [0.25, 0.3) is 0 Å². The molecule has 92 valence electrons. The summed E-state index contributed by atoms with van der Waals surface area (Å²) in [4.78, 5) is 11.0. The highest BCUT2D eigenvalue weighted by Gasteiger charge is 2.30. The molecule has 2 rings (SSSR count). The van der Waals surface area contributed by atoms with E-state index >= 15 is 0 Å². The average Bonchev–Trinajstić information content (AvgIpc) is 2.32. The lowest BCUT2D eigenvalue weighted by Crippen LogP contribution is -2.49. The lowest BCUT2D eigenvalue weighted by atomic mass is 9.85. The lowest BCUT2D eigenvalue weighted by molar-refractivity contribution is -0.114. The predicted octanol–water partition coefficient (Wildman–Crippen LogP) is 1.59. The molecule has 1 heterocycles. The summed E-state index contributed by atoms with van der Waals surface area (Å²) in [7, 11) is 0. The SMILES string of the molecule is NN1CCCC(c2ccc(F)c(F)c2)C1C=O. The summed E-state index contributed by atoms with van der Waals surface area (Å²) >= 11 is 0. The van der Waals surface area contributed by atoms with Crippen molar-refractivity contribution in [2.75, 3.05) is 6.54 Å². The van der Waals surface area contributed by atoms with E-state index in [4.69, 9.17) is 5.84 Å². The number of carbonyl (C=O) groups is 1. The van der Waals surface area contributed by atoms with Crippen molar-refractivity contribution >= 4 is 6.29 Å². The molecule has 0 amide bonds. The molecule has 0 aromatic heterocycles. The van der Waals surface area contributed by atoms with Gasteiger partial charge in [-0.3, -0.25) is 5.84 Å². The van der Waals surface area contributed by atoms with E-state index in [2.05, 4.69) is 0 Å². The summed E-state index contributed by atoms with van der Waals surface area (Å²) in [5.74, 6) is 3.79. The summed E-state index contributed by atoms with van der Waals surface area (Å²) in [5, 5.41) is 1.46. The van der Waals surface area contributed by atoms with Crippen LogP contribution < -0.4 is 5.84 Å². The molecular weight excluding hydrogens is 226 g/mol. The van der Waals surface area contributed by atoms with Gasteiger partial charge in [-0.15, -0.1) is 0 Å². The maximum absolute atomic E-state index is 13.2. The number of carbonyl (C=O) groups excluding carboxylic acids is 1. The summed E-state index contributed by atoms with van der Waals surface area (Å²) in [6, 6.07) is 3.28. The molecule has 2 unspecified atom stereocenters. The van der Waals surface area contributed by atoms with E-state index in [1.165, 1.54) is 11.1 Å². The maximum atomic E-state index is 13.2. The van der Waals surface area contributed by atoms with Crippen LogP contribution in [0.3, 0.4) is 0 Å². The minimum Gasteiger partial charge on any atom is -0.302 e. The van der Waals surface area contributed by atoms with Crippen LogP contribution in [0.5, 0.6) is 0 Å². The Bertz CT molecular complexity index is 425. The first-order chi connectivity index (χ1) is 8.13. The minimum atomic E-state index is -0.888. The summed E-state index contributed by atoms with van der Waals surface area (Å²) in [6.45, 7) is 0.642. The van der Waals surface area contributed by atoms with Crippen molar-refractivity contribution in [3.63, 3.8) is 0 Å². The van der Waals surface area contributed by atoms with Crippen LogP contribution in [-0.4, -0.2) is 23.9 Å². The third kappa shape index (κ3) is 2.35. The van der Waals surface area contributed by atoms with Gasteiger partial charge in [0, 0.05) is 12.5 Å². The zero-order chi connectivity index (χ0) is 12.4. The molecule has 3 nitrogen and oxygen atoms in total. The summed E-state index contributed by atoms with van der Waals surface area (Å²) < 4.78 is 26.0. The Hall–Kier alpha value is -1.33. The molecule has 0 spiro atoms. The number of nitrogens with zero attached hydrogens (tertiary/aromatic N) is 1. The number of benzene rings is 1. The van der Waals surface area contributed by atoms with Gasteiger partial charge < -0.3 is 4.79 Å². The largest absolute Gasteiger partial charge is 0.302 e. The fourth-order valence-corrected chi connectivity index (χ4v) is 2.32. The van der Waals surface area contributed by atoms with Crippen molar-refractivity contribution < 1.29 is 13.6 Å². The van der Waals surface area contributed by atoms with Gasteiger partial charge in [-0.05, 0) is 30.5 Å². The lowest BCUT2D eigenvalue weighted by Gasteiger charge is -2.35. The molecule has 5 heteroatoms. The number of rotatable bonds is 2. The van der Waals surface area contributed by atoms with E-state index in [0.717, 1.165) is 31.3 Å². The second kappa shape index (κ2) is 4.89. The quantitative estimate of drug-likeness (QED) is 0.630. The van der Waals surface area contributed by atoms with Crippen molar-refractivity contribution in [1.29, 1.82) is 0 Å². The zero-order valence-electron chi connectivity index (χ0n) is 9.27. The standard InChI is InChI=1S/C12H14F2N2O/c13-10-4-3-8(6-11(10)14)9-2-1-5-16(15)12(9)7-17/h3-4,6-7,9,12H,1-2,5,15H2. The van der Waals surface area contributed by atoms with Crippen LogP contribution in [0.25, 0.3) is 0 Å². The van der Waals surface area contributed by atoms with Crippen LogP contribution in [0.15, 0.2) is 18.2 Å². The summed E-state index contributed by atoms with van der Waals surface area (Å²) in [6.07, 6.45) is 2.36. The molecule has 0 aliphatic carbocycles. The Morgan fingerprint density at radius 2 is 2.12 bits per heavy atom. The highest BCUT2D eigenvalue weighted by atomic mass is 19.2. The van der Waals surface area contributed by atoms with Crippen molar-refractivity contribution in [2.45, 2.75) is 24.8 Å². The number of halogens is 2. The number of piperidine rings is 1.